The summed E-state index contributed by atoms with van der Waals surface area (Å²) in [6, 6.07) is 14.2. The Morgan fingerprint density at radius 3 is 2.42 bits per heavy atom. The van der Waals surface area contributed by atoms with Crippen molar-refractivity contribution in [2.45, 2.75) is 53.5 Å². The molecule has 0 bridgehead atoms. The number of likely N-dealkylation sites (tertiary alicyclic amines) is 1. The average molecular weight is 493 g/mol. The molecule has 6 nitrogen and oxygen atoms in total. The Hall–Kier alpha value is -3.12. The largest absolute Gasteiger partial charge is 0.507 e. The molecular formula is C30H40N2O4. The number of aliphatic hydroxyl groups excluding tert-OH is 1. The van der Waals surface area contributed by atoms with Gasteiger partial charge in [-0.1, -0.05) is 69.7 Å². The molecule has 2 aromatic carbocycles. The van der Waals surface area contributed by atoms with Gasteiger partial charge in [-0.05, 0) is 63.0 Å². The molecule has 2 aromatic rings. The smallest absolute Gasteiger partial charge is 0.295 e. The summed E-state index contributed by atoms with van der Waals surface area (Å²) in [6.45, 7) is 14.2. The number of rotatable bonds is 12. The molecule has 36 heavy (non-hydrogen) atoms. The number of nitrogens with zero attached hydrogens (tertiary/aromatic N) is 2. The van der Waals surface area contributed by atoms with Crippen molar-refractivity contribution in [2.24, 2.45) is 5.92 Å². The molecular weight excluding hydrogens is 452 g/mol. The molecule has 1 fully saturated rings. The van der Waals surface area contributed by atoms with Gasteiger partial charge in [-0.2, -0.15) is 0 Å². The van der Waals surface area contributed by atoms with Gasteiger partial charge in [0.15, 0.2) is 0 Å². The summed E-state index contributed by atoms with van der Waals surface area (Å²) in [5, 5.41) is 11.3. The number of amides is 1. The maximum Gasteiger partial charge on any atom is 0.295 e. The van der Waals surface area contributed by atoms with Crippen LogP contribution in [-0.4, -0.2) is 59.4 Å². The van der Waals surface area contributed by atoms with Crippen LogP contribution in [-0.2, 0) is 9.59 Å². The van der Waals surface area contributed by atoms with Crippen LogP contribution in [0.25, 0.3) is 5.76 Å². The molecule has 0 spiro atoms. The highest BCUT2D eigenvalue weighted by atomic mass is 16.5. The van der Waals surface area contributed by atoms with Crippen LogP contribution >= 0.6 is 0 Å². The standard InChI is InChI=1S/C30H40N2O4/c1-6-31(7-2)17-9-18-32-27(24-10-8-11-25(20-24)36-19-16-21(3)4)26(29(34)30(32)35)28(33)23-14-12-22(5)13-15-23/h8,10-15,20-21,27,33H,6-7,9,16-19H2,1-5H3. The first-order chi connectivity index (χ1) is 17.3. The lowest BCUT2D eigenvalue weighted by Crippen LogP contribution is -2.33. The van der Waals surface area contributed by atoms with E-state index in [-0.39, 0.29) is 11.3 Å². The van der Waals surface area contributed by atoms with Gasteiger partial charge in [0.25, 0.3) is 11.7 Å². The van der Waals surface area contributed by atoms with Crippen LogP contribution in [0.1, 0.15) is 63.3 Å². The van der Waals surface area contributed by atoms with E-state index in [1.165, 1.54) is 0 Å². The van der Waals surface area contributed by atoms with Gasteiger partial charge >= 0.3 is 0 Å². The summed E-state index contributed by atoms with van der Waals surface area (Å²) < 4.78 is 5.97. The zero-order valence-electron chi connectivity index (χ0n) is 22.3. The Labute approximate surface area is 215 Å². The van der Waals surface area contributed by atoms with E-state index >= 15 is 0 Å². The molecule has 1 amide bonds. The lowest BCUT2D eigenvalue weighted by atomic mass is 9.95. The maximum absolute atomic E-state index is 13.3. The summed E-state index contributed by atoms with van der Waals surface area (Å²) in [5.74, 6) is -0.139. The SMILES string of the molecule is CCN(CC)CCCN1C(=O)C(=O)C(=C(O)c2ccc(C)cc2)C1c1cccc(OCCC(C)C)c1. The first-order valence-corrected chi connectivity index (χ1v) is 13.1. The van der Waals surface area contributed by atoms with Crippen LogP contribution < -0.4 is 4.74 Å². The highest BCUT2D eigenvalue weighted by Gasteiger charge is 2.45. The number of hydrogen-bond donors (Lipinski definition) is 1. The predicted molar refractivity (Wildman–Crippen MR) is 144 cm³/mol. The van der Waals surface area contributed by atoms with Gasteiger partial charge in [0.2, 0.25) is 0 Å². The van der Waals surface area contributed by atoms with Crippen molar-refractivity contribution in [3.63, 3.8) is 0 Å². The van der Waals surface area contributed by atoms with E-state index in [1.807, 2.05) is 43.3 Å². The van der Waals surface area contributed by atoms with Crippen molar-refractivity contribution in [1.82, 2.24) is 9.80 Å². The Kier molecular flexibility index (Phi) is 9.71. The molecule has 6 heteroatoms. The van der Waals surface area contributed by atoms with Crippen molar-refractivity contribution < 1.29 is 19.4 Å². The van der Waals surface area contributed by atoms with Gasteiger partial charge in [0.1, 0.15) is 11.5 Å². The van der Waals surface area contributed by atoms with Gasteiger partial charge in [-0.3, -0.25) is 9.59 Å². The fraction of sp³-hybridized carbons (Fsp3) is 0.467. The molecule has 1 saturated heterocycles. The summed E-state index contributed by atoms with van der Waals surface area (Å²) in [6.07, 6.45) is 1.67. The second-order valence-corrected chi connectivity index (χ2v) is 9.84. The number of carbonyl (C=O) groups is 2. The molecule has 0 saturated carbocycles. The number of hydrogen-bond acceptors (Lipinski definition) is 5. The van der Waals surface area contributed by atoms with Gasteiger partial charge < -0.3 is 19.6 Å². The average Bonchev–Trinajstić information content (AvgIpc) is 3.11. The first-order valence-electron chi connectivity index (χ1n) is 13.1. The number of aliphatic hydroxyl groups is 1. The Balaban J connectivity index is 1.99. The van der Waals surface area contributed by atoms with Gasteiger partial charge in [-0.15, -0.1) is 0 Å². The molecule has 1 unspecified atom stereocenters. The minimum absolute atomic E-state index is 0.131. The predicted octanol–water partition coefficient (Wildman–Crippen LogP) is 5.57. The quantitative estimate of drug-likeness (QED) is 0.238. The van der Waals surface area contributed by atoms with Crippen LogP contribution in [0.3, 0.4) is 0 Å². The van der Waals surface area contributed by atoms with Gasteiger partial charge in [-0.25, -0.2) is 0 Å². The van der Waals surface area contributed by atoms with Crippen LogP contribution in [0.5, 0.6) is 5.75 Å². The lowest BCUT2D eigenvalue weighted by molar-refractivity contribution is -0.140. The number of ketones is 1. The normalized spacial score (nSPS) is 17.4. The monoisotopic (exact) mass is 492 g/mol. The third-order valence-electron chi connectivity index (χ3n) is 6.77. The van der Waals surface area contributed by atoms with Crippen LogP contribution in [0.4, 0.5) is 0 Å². The molecule has 3 rings (SSSR count). The van der Waals surface area contributed by atoms with Crippen LogP contribution in [0.2, 0.25) is 0 Å². The van der Waals surface area contributed by atoms with E-state index in [9.17, 15) is 14.7 Å². The number of ether oxygens (including phenoxy) is 1. The number of carbonyl (C=O) groups excluding carboxylic acids is 2. The van der Waals surface area contributed by atoms with Crippen LogP contribution in [0.15, 0.2) is 54.1 Å². The second kappa shape index (κ2) is 12.7. The van der Waals surface area contributed by atoms with Gasteiger partial charge in [0.05, 0.1) is 18.2 Å². The molecule has 1 aliphatic rings. The second-order valence-electron chi connectivity index (χ2n) is 9.84. The molecule has 1 aliphatic heterocycles. The molecule has 1 atom stereocenters. The van der Waals surface area contributed by atoms with Crippen LogP contribution in [0, 0.1) is 12.8 Å². The number of aryl methyl sites for hydroxylation is 1. The zero-order chi connectivity index (χ0) is 26.2. The van der Waals surface area contributed by atoms with Gasteiger partial charge in [0, 0.05) is 12.1 Å². The highest BCUT2D eigenvalue weighted by Crippen LogP contribution is 2.40. The van der Waals surface area contributed by atoms with E-state index in [0.717, 1.165) is 43.6 Å². The van der Waals surface area contributed by atoms with Crippen molar-refractivity contribution in [3.05, 3.63) is 70.8 Å². The molecule has 0 radical (unpaired) electrons. The summed E-state index contributed by atoms with van der Waals surface area (Å²) in [4.78, 5) is 30.4. The lowest BCUT2D eigenvalue weighted by Gasteiger charge is -2.27. The van der Waals surface area contributed by atoms with E-state index < -0.39 is 17.7 Å². The summed E-state index contributed by atoms with van der Waals surface area (Å²) in [7, 11) is 0. The Bertz CT molecular complexity index is 1070. The first kappa shape index (κ1) is 27.5. The summed E-state index contributed by atoms with van der Waals surface area (Å²) in [5.41, 5.74) is 2.46. The van der Waals surface area contributed by atoms with E-state index in [0.29, 0.717) is 30.4 Å². The van der Waals surface area contributed by atoms with Crippen molar-refractivity contribution >= 4 is 17.4 Å². The third kappa shape index (κ3) is 6.55. The number of benzene rings is 2. The highest BCUT2D eigenvalue weighted by molar-refractivity contribution is 6.46. The Morgan fingerprint density at radius 2 is 1.78 bits per heavy atom. The molecule has 1 heterocycles. The van der Waals surface area contributed by atoms with Crippen molar-refractivity contribution in [1.29, 1.82) is 0 Å². The maximum atomic E-state index is 13.3. The fourth-order valence-electron chi connectivity index (χ4n) is 4.52. The minimum Gasteiger partial charge on any atom is -0.507 e. The molecule has 0 aliphatic carbocycles. The minimum atomic E-state index is -0.670. The van der Waals surface area contributed by atoms with E-state index in [4.69, 9.17) is 4.74 Å². The van der Waals surface area contributed by atoms with Crippen molar-refractivity contribution in [2.75, 3.05) is 32.8 Å². The molecule has 0 aromatic heterocycles. The summed E-state index contributed by atoms with van der Waals surface area (Å²) >= 11 is 0. The van der Waals surface area contributed by atoms with E-state index in [1.54, 1.807) is 17.0 Å². The van der Waals surface area contributed by atoms with E-state index in [2.05, 4.69) is 32.6 Å². The molecule has 1 N–H and O–H groups in total. The topological polar surface area (TPSA) is 70.1 Å². The zero-order valence-corrected chi connectivity index (χ0v) is 22.3. The number of Topliss-reactive ketones (excluding diaryl/α,β-unsaturated/α-hetero) is 1. The fourth-order valence-corrected chi connectivity index (χ4v) is 4.52. The molecule has 194 valence electrons. The Morgan fingerprint density at radius 1 is 1.08 bits per heavy atom. The van der Waals surface area contributed by atoms with Crippen molar-refractivity contribution in [3.8, 4) is 5.75 Å². The third-order valence-corrected chi connectivity index (χ3v) is 6.77.